The number of allylic oxidation sites excluding steroid dienone is 14. The number of rotatable bonds is 0. The van der Waals surface area contributed by atoms with E-state index in [-0.39, 0.29) is 21.7 Å². The Morgan fingerprint density at radius 2 is 1.17 bits per heavy atom. The Morgan fingerprint density at radius 1 is 0.655 bits per heavy atom. The molecule has 2 atom stereocenters. The van der Waals surface area contributed by atoms with Gasteiger partial charge >= 0.3 is 0 Å². The molecule has 4 rings (SSSR count). The molecular formula is C29H34. The molecule has 0 saturated heterocycles. The maximum Gasteiger partial charge on any atom is 0.0321 e. The highest BCUT2D eigenvalue weighted by molar-refractivity contribution is 5.72. The van der Waals surface area contributed by atoms with Crippen LogP contribution in [0.4, 0.5) is 0 Å². The van der Waals surface area contributed by atoms with Gasteiger partial charge in [-0.2, -0.15) is 0 Å². The summed E-state index contributed by atoms with van der Waals surface area (Å²) in [7, 11) is 0. The summed E-state index contributed by atoms with van der Waals surface area (Å²) < 4.78 is 0. The van der Waals surface area contributed by atoms with Gasteiger partial charge in [-0.15, -0.1) is 5.92 Å². The zero-order valence-corrected chi connectivity index (χ0v) is 19.5. The topological polar surface area (TPSA) is 0 Å². The highest BCUT2D eigenvalue weighted by Crippen LogP contribution is 2.67. The Morgan fingerprint density at radius 3 is 1.69 bits per heavy atom. The monoisotopic (exact) mass is 382 g/mol. The van der Waals surface area contributed by atoms with E-state index in [1.54, 1.807) is 0 Å². The quantitative estimate of drug-likeness (QED) is 0.377. The zero-order chi connectivity index (χ0) is 21.4. The van der Waals surface area contributed by atoms with E-state index in [9.17, 15) is 0 Å². The van der Waals surface area contributed by atoms with Gasteiger partial charge in [-0.3, -0.25) is 0 Å². The van der Waals surface area contributed by atoms with E-state index in [0.717, 1.165) is 0 Å². The summed E-state index contributed by atoms with van der Waals surface area (Å²) in [5, 5.41) is 0. The van der Waals surface area contributed by atoms with Crippen molar-refractivity contribution in [2.45, 2.75) is 62.3 Å². The number of hydrogen-bond acceptors (Lipinski definition) is 0. The van der Waals surface area contributed by atoms with Crippen LogP contribution in [0.2, 0.25) is 0 Å². The van der Waals surface area contributed by atoms with Gasteiger partial charge in [0.25, 0.3) is 0 Å². The third-order valence-corrected chi connectivity index (χ3v) is 7.53. The summed E-state index contributed by atoms with van der Waals surface area (Å²) >= 11 is 0. The Kier molecular flexibility index (Phi) is 4.06. The lowest BCUT2D eigenvalue weighted by Crippen LogP contribution is -2.48. The molecule has 0 unspecified atom stereocenters. The first kappa shape index (κ1) is 20.0. The van der Waals surface area contributed by atoms with Crippen molar-refractivity contribution in [3.63, 3.8) is 0 Å². The van der Waals surface area contributed by atoms with Gasteiger partial charge in [-0.1, -0.05) is 97.8 Å². The average molecular weight is 383 g/mol. The van der Waals surface area contributed by atoms with E-state index >= 15 is 0 Å². The van der Waals surface area contributed by atoms with Gasteiger partial charge < -0.3 is 0 Å². The molecule has 4 aliphatic rings. The standard InChI is InChI=1S/C29H34/c1-10-11-19-14-24-17-22(26(2,3)4)15-20-12-13-21-16-23(27(5,6)7)18-25(19)29(21,9)28(20,24)8/h12-18H,1-9H3/t28-,29-/m1/s1. The molecule has 0 N–H and O–H groups in total. The van der Waals surface area contributed by atoms with Crippen LogP contribution in [-0.2, 0) is 0 Å². The molecule has 0 saturated carbocycles. The smallest absolute Gasteiger partial charge is 0.0321 e. The highest BCUT2D eigenvalue weighted by Gasteiger charge is 2.57. The highest BCUT2D eigenvalue weighted by atomic mass is 14.6. The van der Waals surface area contributed by atoms with E-state index in [1.807, 2.05) is 6.92 Å². The predicted octanol–water partition coefficient (Wildman–Crippen LogP) is 7.65. The summed E-state index contributed by atoms with van der Waals surface area (Å²) in [6, 6.07) is 0. The fraction of sp³-hybridized carbons (Fsp3) is 0.448. The summed E-state index contributed by atoms with van der Waals surface area (Å²) in [4.78, 5) is 0. The Hall–Kier alpha value is -2.26. The van der Waals surface area contributed by atoms with Gasteiger partial charge in [-0.05, 0) is 57.3 Å². The average Bonchev–Trinajstić information content (AvgIpc) is 2.59. The third-order valence-electron chi connectivity index (χ3n) is 7.53. The second kappa shape index (κ2) is 5.89. The van der Waals surface area contributed by atoms with Gasteiger partial charge in [0.05, 0.1) is 0 Å². The fourth-order valence-electron chi connectivity index (χ4n) is 5.26. The SMILES string of the molecule is CC#CC1=C2C=C(C(C)(C)C)C=C3C=CC4=CC(C(C)(C)C)=CC(=C1)[C@]4(C)[C@]32C. The molecule has 0 aromatic heterocycles. The van der Waals surface area contributed by atoms with Crippen LogP contribution in [0, 0.1) is 33.5 Å². The van der Waals surface area contributed by atoms with Gasteiger partial charge in [-0.25, -0.2) is 0 Å². The maximum atomic E-state index is 3.45. The van der Waals surface area contributed by atoms with Crippen molar-refractivity contribution in [2.75, 3.05) is 0 Å². The van der Waals surface area contributed by atoms with Crippen molar-refractivity contribution in [3.05, 3.63) is 81.5 Å². The minimum absolute atomic E-state index is 0.0729. The Labute approximate surface area is 177 Å². The number of hydrogen-bond donors (Lipinski definition) is 0. The Balaban J connectivity index is 2.11. The molecular weight excluding hydrogens is 348 g/mol. The molecule has 0 aromatic rings. The molecule has 0 nitrogen and oxygen atoms in total. The fourth-order valence-corrected chi connectivity index (χ4v) is 5.26. The molecule has 0 heteroatoms. The van der Waals surface area contributed by atoms with Gasteiger partial charge in [0.1, 0.15) is 0 Å². The molecule has 0 amide bonds. The van der Waals surface area contributed by atoms with Crippen LogP contribution in [-0.4, -0.2) is 0 Å². The van der Waals surface area contributed by atoms with E-state index in [4.69, 9.17) is 0 Å². The van der Waals surface area contributed by atoms with Crippen molar-refractivity contribution in [2.24, 2.45) is 21.7 Å². The van der Waals surface area contributed by atoms with Crippen molar-refractivity contribution in [3.8, 4) is 11.8 Å². The second-order valence-electron chi connectivity index (χ2n) is 11.3. The van der Waals surface area contributed by atoms with Crippen LogP contribution in [0.15, 0.2) is 81.5 Å². The second-order valence-corrected chi connectivity index (χ2v) is 11.3. The van der Waals surface area contributed by atoms with Crippen LogP contribution in [0.1, 0.15) is 62.3 Å². The molecule has 0 aliphatic heterocycles. The summed E-state index contributed by atoms with van der Waals surface area (Å²) in [5.41, 5.74) is 9.60. The summed E-state index contributed by atoms with van der Waals surface area (Å²) in [5.74, 6) is 6.63. The Bertz CT molecular complexity index is 1080. The maximum absolute atomic E-state index is 3.45. The summed E-state index contributed by atoms with van der Waals surface area (Å²) in [6.45, 7) is 20.6. The molecule has 0 bridgehead atoms. The summed E-state index contributed by atoms with van der Waals surface area (Å²) in [6.07, 6.45) is 16.8. The first-order chi connectivity index (χ1) is 13.3. The van der Waals surface area contributed by atoms with Crippen molar-refractivity contribution in [1.29, 1.82) is 0 Å². The van der Waals surface area contributed by atoms with Crippen LogP contribution in [0.3, 0.4) is 0 Å². The van der Waals surface area contributed by atoms with E-state index in [1.165, 1.54) is 39.0 Å². The largest absolute Gasteiger partial charge is 0.101 e. The molecule has 29 heavy (non-hydrogen) atoms. The minimum Gasteiger partial charge on any atom is -0.101 e. The molecule has 0 fully saturated rings. The zero-order valence-electron chi connectivity index (χ0n) is 19.5. The third kappa shape index (κ3) is 2.60. The van der Waals surface area contributed by atoms with Crippen LogP contribution in [0.25, 0.3) is 0 Å². The van der Waals surface area contributed by atoms with Crippen molar-refractivity contribution >= 4 is 0 Å². The molecule has 4 aliphatic carbocycles. The molecule has 0 radical (unpaired) electrons. The predicted molar refractivity (Wildman–Crippen MR) is 125 cm³/mol. The van der Waals surface area contributed by atoms with Crippen molar-refractivity contribution in [1.82, 2.24) is 0 Å². The van der Waals surface area contributed by atoms with Crippen LogP contribution < -0.4 is 0 Å². The van der Waals surface area contributed by atoms with Gasteiger partial charge in [0, 0.05) is 16.4 Å². The van der Waals surface area contributed by atoms with E-state index < -0.39 is 0 Å². The molecule has 150 valence electrons. The van der Waals surface area contributed by atoms with Gasteiger partial charge in [0.15, 0.2) is 0 Å². The molecule has 0 spiro atoms. The van der Waals surface area contributed by atoms with Crippen molar-refractivity contribution < 1.29 is 0 Å². The molecule has 0 heterocycles. The van der Waals surface area contributed by atoms with Gasteiger partial charge in [0.2, 0.25) is 0 Å². The lowest BCUT2D eigenvalue weighted by Gasteiger charge is -2.57. The van der Waals surface area contributed by atoms with E-state index in [0.29, 0.717) is 0 Å². The first-order valence-corrected chi connectivity index (χ1v) is 10.8. The van der Waals surface area contributed by atoms with E-state index in [2.05, 4.69) is 110 Å². The van der Waals surface area contributed by atoms with Crippen LogP contribution in [0.5, 0.6) is 0 Å². The lowest BCUT2D eigenvalue weighted by atomic mass is 9.45. The first-order valence-electron chi connectivity index (χ1n) is 10.8. The molecule has 0 aromatic carbocycles. The lowest BCUT2D eigenvalue weighted by molar-refractivity contribution is 0.244. The van der Waals surface area contributed by atoms with Crippen LogP contribution >= 0.6 is 0 Å². The normalized spacial score (nSPS) is 30.3. The minimum atomic E-state index is -0.106.